The van der Waals surface area contributed by atoms with Gasteiger partial charge in [0.25, 0.3) is 0 Å². The van der Waals surface area contributed by atoms with Gasteiger partial charge in [-0.05, 0) is 45.2 Å². The molecular formula is C20H33N3O2. The van der Waals surface area contributed by atoms with Crippen molar-refractivity contribution in [1.29, 1.82) is 0 Å². The van der Waals surface area contributed by atoms with Gasteiger partial charge < -0.3 is 19.7 Å². The van der Waals surface area contributed by atoms with Crippen LogP contribution >= 0.6 is 0 Å². The van der Waals surface area contributed by atoms with Crippen LogP contribution < -0.4 is 10.1 Å². The highest BCUT2D eigenvalue weighted by molar-refractivity contribution is 5.80. The molecule has 0 amide bonds. The van der Waals surface area contributed by atoms with Gasteiger partial charge in [-0.3, -0.25) is 0 Å². The van der Waals surface area contributed by atoms with Gasteiger partial charge in [-0.2, -0.15) is 0 Å². The lowest BCUT2D eigenvalue weighted by Crippen LogP contribution is -2.47. The van der Waals surface area contributed by atoms with Crippen LogP contribution in [0.25, 0.3) is 0 Å². The van der Waals surface area contributed by atoms with Crippen LogP contribution in [-0.2, 0) is 4.74 Å². The Kier molecular flexibility index (Phi) is 8.60. The van der Waals surface area contributed by atoms with E-state index in [9.17, 15) is 0 Å². The molecule has 1 saturated heterocycles. The second-order valence-electron chi connectivity index (χ2n) is 6.30. The number of rotatable bonds is 8. The summed E-state index contributed by atoms with van der Waals surface area (Å²) >= 11 is 0. The van der Waals surface area contributed by atoms with Crippen LogP contribution in [0.2, 0.25) is 0 Å². The molecule has 1 aliphatic heterocycles. The van der Waals surface area contributed by atoms with Crippen molar-refractivity contribution in [3.8, 4) is 5.75 Å². The molecule has 0 saturated carbocycles. The van der Waals surface area contributed by atoms with E-state index in [1.807, 2.05) is 30.3 Å². The first-order valence-electron chi connectivity index (χ1n) is 9.63. The molecule has 1 aromatic carbocycles. The number of nitrogens with zero attached hydrogens (tertiary/aromatic N) is 2. The summed E-state index contributed by atoms with van der Waals surface area (Å²) in [5.74, 6) is 1.90. The summed E-state index contributed by atoms with van der Waals surface area (Å²) in [5, 5.41) is 3.42. The Balaban J connectivity index is 1.91. The molecule has 140 valence electrons. The molecule has 0 aliphatic carbocycles. The van der Waals surface area contributed by atoms with E-state index >= 15 is 0 Å². The lowest BCUT2D eigenvalue weighted by molar-refractivity contribution is 0.0263. The SMILES string of the molecule is CCNC(=NCC(CC)Oc1ccccc1)N1CCC(OCC)CC1. The molecule has 2 rings (SSSR count). The zero-order valence-corrected chi connectivity index (χ0v) is 15.9. The van der Waals surface area contributed by atoms with Crippen molar-refractivity contribution in [3.63, 3.8) is 0 Å². The van der Waals surface area contributed by atoms with Gasteiger partial charge in [0.05, 0.1) is 12.6 Å². The van der Waals surface area contributed by atoms with Crippen LogP contribution in [0.3, 0.4) is 0 Å². The number of benzene rings is 1. The van der Waals surface area contributed by atoms with Gasteiger partial charge in [-0.15, -0.1) is 0 Å². The number of likely N-dealkylation sites (tertiary alicyclic amines) is 1. The Morgan fingerprint density at radius 1 is 1.20 bits per heavy atom. The minimum atomic E-state index is 0.0945. The molecule has 25 heavy (non-hydrogen) atoms. The molecule has 1 aliphatic rings. The first-order chi connectivity index (χ1) is 12.3. The quantitative estimate of drug-likeness (QED) is 0.579. The smallest absolute Gasteiger partial charge is 0.194 e. The van der Waals surface area contributed by atoms with Crippen LogP contribution in [0.1, 0.15) is 40.0 Å². The zero-order valence-electron chi connectivity index (χ0n) is 15.9. The number of guanidine groups is 1. The van der Waals surface area contributed by atoms with Crippen LogP contribution in [-0.4, -0.2) is 55.9 Å². The average Bonchev–Trinajstić information content (AvgIpc) is 2.66. The highest BCUT2D eigenvalue weighted by Gasteiger charge is 2.21. The molecule has 1 aromatic rings. The Morgan fingerprint density at radius 2 is 1.92 bits per heavy atom. The Labute approximate surface area is 152 Å². The highest BCUT2D eigenvalue weighted by Crippen LogP contribution is 2.15. The van der Waals surface area contributed by atoms with Crippen LogP contribution in [0.15, 0.2) is 35.3 Å². The number of hydrogen-bond donors (Lipinski definition) is 1. The maximum absolute atomic E-state index is 6.06. The summed E-state index contributed by atoms with van der Waals surface area (Å²) in [4.78, 5) is 7.18. The fourth-order valence-electron chi connectivity index (χ4n) is 3.03. The predicted molar refractivity (Wildman–Crippen MR) is 103 cm³/mol. The average molecular weight is 348 g/mol. The summed E-state index contributed by atoms with van der Waals surface area (Å²) < 4.78 is 11.8. The number of para-hydroxylation sites is 1. The molecule has 1 atom stereocenters. The van der Waals surface area contributed by atoms with E-state index in [1.165, 1.54) is 0 Å². The van der Waals surface area contributed by atoms with Crippen molar-refractivity contribution in [2.75, 3.05) is 32.8 Å². The third-order valence-corrected chi connectivity index (χ3v) is 4.42. The van der Waals surface area contributed by atoms with Gasteiger partial charge >= 0.3 is 0 Å². The lowest BCUT2D eigenvalue weighted by atomic mass is 10.1. The van der Waals surface area contributed by atoms with E-state index in [0.717, 1.165) is 57.2 Å². The number of aliphatic imine (C=N–C) groups is 1. The molecule has 1 unspecified atom stereocenters. The standard InChI is InChI=1S/C20H33N3O2/c1-4-17(25-19-10-8-7-9-11-19)16-22-20(21-5-2)23-14-12-18(13-15-23)24-6-3/h7-11,17-18H,4-6,12-16H2,1-3H3,(H,21,22). The molecule has 0 spiro atoms. The Bertz CT molecular complexity index is 499. The molecule has 0 bridgehead atoms. The van der Waals surface area contributed by atoms with E-state index in [4.69, 9.17) is 14.5 Å². The largest absolute Gasteiger partial charge is 0.489 e. The summed E-state index contributed by atoms with van der Waals surface area (Å²) in [6.07, 6.45) is 3.56. The lowest BCUT2D eigenvalue weighted by Gasteiger charge is -2.34. The van der Waals surface area contributed by atoms with Crippen molar-refractivity contribution >= 4 is 5.96 Å². The summed E-state index contributed by atoms with van der Waals surface area (Å²) in [5.41, 5.74) is 0. The highest BCUT2D eigenvalue weighted by atomic mass is 16.5. The topological polar surface area (TPSA) is 46.1 Å². The summed E-state index contributed by atoms with van der Waals surface area (Å²) in [7, 11) is 0. The van der Waals surface area contributed by atoms with Crippen molar-refractivity contribution < 1.29 is 9.47 Å². The fourth-order valence-corrected chi connectivity index (χ4v) is 3.03. The Morgan fingerprint density at radius 3 is 2.52 bits per heavy atom. The number of hydrogen-bond acceptors (Lipinski definition) is 3. The maximum Gasteiger partial charge on any atom is 0.194 e. The normalized spacial score (nSPS) is 17.4. The van der Waals surface area contributed by atoms with Gasteiger partial charge in [0.2, 0.25) is 0 Å². The van der Waals surface area contributed by atoms with E-state index in [0.29, 0.717) is 12.6 Å². The van der Waals surface area contributed by atoms with Gasteiger partial charge in [0, 0.05) is 26.2 Å². The van der Waals surface area contributed by atoms with E-state index in [1.54, 1.807) is 0 Å². The zero-order chi connectivity index (χ0) is 17.9. The minimum Gasteiger partial charge on any atom is -0.489 e. The van der Waals surface area contributed by atoms with Gasteiger partial charge in [-0.25, -0.2) is 4.99 Å². The summed E-state index contributed by atoms with van der Waals surface area (Å²) in [6, 6.07) is 9.99. The third-order valence-electron chi connectivity index (χ3n) is 4.42. The molecule has 1 N–H and O–H groups in total. The van der Waals surface area contributed by atoms with Crippen molar-refractivity contribution in [2.45, 2.75) is 52.2 Å². The first kappa shape index (κ1) is 19.6. The number of piperidine rings is 1. The van der Waals surface area contributed by atoms with Crippen molar-refractivity contribution in [1.82, 2.24) is 10.2 Å². The minimum absolute atomic E-state index is 0.0945. The van der Waals surface area contributed by atoms with Gasteiger partial charge in [0.15, 0.2) is 5.96 Å². The van der Waals surface area contributed by atoms with Crippen LogP contribution in [0.5, 0.6) is 5.75 Å². The fraction of sp³-hybridized carbons (Fsp3) is 0.650. The molecule has 0 radical (unpaired) electrons. The predicted octanol–water partition coefficient (Wildman–Crippen LogP) is 3.31. The van der Waals surface area contributed by atoms with Crippen molar-refractivity contribution in [3.05, 3.63) is 30.3 Å². The molecule has 5 heteroatoms. The van der Waals surface area contributed by atoms with Gasteiger partial charge in [-0.1, -0.05) is 25.1 Å². The Hall–Kier alpha value is -1.75. The second kappa shape index (κ2) is 11.0. The molecule has 1 heterocycles. The number of ether oxygens (including phenoxy) is 2. The van der Waals surface area contributed by atoms with E-state index in [-0.39, 0.29) is 6.10 Å². The van der Waals surface area contributed by atoms with Crippen molar-refractivity contribution in [2.24, 2.45) is 4.99 Å². The summed E-state index contributed by atoms with van der Waals surface area (Å²) in [6.45, 7) is 10.6. The third kappa shape index (κ3) is 6.58. The van der Waals surface area contributed by atoms with Gasteiger partial charge in [0.1, 0.15) is 11.9 Å². The monoisotopic (exact) mass is 347 g/mol. The van der Waals surface area contributed by atoms with Crippen LogP contribution in [0, 0.1) is 0 Å². The van der Waals surface area contributed by atoms with Crippen LogP contribution in [0.4, 0.5) is 0 Å². The molecule has 1 fully saturated rings. The number of nitrogens with one attached hydrogen (secondary N) is 1. The molecule has 5 nitrogen and oxygen atoms in total. The molecule has 0 aromatic heterocycles. The molecular weight excluding hydrogens is 314 g/mol. The second-order valence-corrected chi connectivity index (χ2v) is 6.30. The van der Waals surface area contributed by atoms with E-state index in [2.05, 4.69) is 31.0 Å². The van der Waals surface area contributed by atoms with E-state index < -0.39 is 0 Å². The first-order valence-corrected chi connectivity index (χ1v) is 9.63. The maximum atomic E-state index is 6.06.